The van der Waals surface area contributed by atoms with Gasteiger partial charge >= 0.3 is 0 Å². The Hall–Kier alpha value is -1.52. The maximum atomic E-state index is 12.4. The topological polar surface area (TPSA) is 72.9 Å². The van der Waals surface area contributed by atoms with E-state index in [-0.39, 0.29) is 11.4 Å². The minimum absolute atomic E-state index is 0.119. The van der Waals surface area contributed by atoms with Crippen LogP contribution in [0.3, 0.4) is 0 Å². The van der Waals surface area contributed by atoms with E-state index >= 15 is 0 Å². The second-order valence-electron chi connectivity index (χ2n) is 5.61. The molecule has 3 N–H and O–H groups in total. The number of aromatic nitrogens is 2. The number of nitrogens with two attached hydrogens (primary N) is 1. The number of anilines is 1. The molecule has 0 aromatic carbocycles. The van der Waals surface area contributed by atoms with Crippen LogP contribution in [0.4, 0.5) is 5.69 Å². The highest BCUT2D eigenvalue weighted by molar-refractivity contribution is 5.98. The van der Waals surface area contributed by atoms with Crippen molar-refractivity contribution in [3.8, 4) is 0 Å². The molecule has 18 heavy (non-hydrogen) atoms. The lowest BCUT2D eigenvalue weighted by molar-refractivity contribution is 0.0893. The Labute approximate surface area is 108 Å². The summed E-state index contributed by atoms with van der Waals surface area (Å²) in [5, 5.41) is 7.35. The fraction of sp³-hybridized carbons (Fsp3) is 0.692. The van der Waals surface area contributed by atoms with Crippen LogP contribution in [0.15, 0.2) is 0 Å². The maximum Gasteiger partial charge on any atom is 0.272 e. The Morgan fingerprint density at radius 2 is 2.17 bits per heavy atom. The Bertz CT molecular complexity index is 472. The average Bonchev–Trinajstić information content (AvgIpc) is 3.07. The largest absolute Gasteiger partial charge is 0.395 e. The number of nitrogen functional groups attached to an aromatic ring is 1. The zero-order valence-electron chi connectivity index (χ0n) is 11.6. The predicted octanol–water partition coefficient (Wildman–Crippen LogP) is 1.71. The van der Waals surface area contributed by atoms with Crippen molar-refractivity contribution in [2.45, 2.75) is 52.6 Å². The fourth-order valence-electron chi connectivity index (χ4n) is 2.32. The number of hydrogen-bond acceptors (Lipinski definition) is 3. The third-order valence-corrected chi connectivity index (χ3v) is 3.72. The van der Waals surface area contributed by atoms with Gasteiger partial charge in [-0.3, -0.25) is 9.48 Å². The van der Waals surface area contributed by atoms with E-state index in [0.717, 1.165) is 0 Å². The van der Waals surface area contributed by atoms with Gasteiger partial charge in [0.25, 0.3) is 5.91 Å². The molecule has 0 bridgehead atoms. The van der Waals surface area contributed by atoms with Gasteiger partial charge in [0, 0.05) is 12.1 Å². The molecule has 1 aliphatic carbocycles. The van der Waals surface area contributed by atoms with Crippen LogP contribution >= 0.6 is 0 Å². The molecule has 0 unspecified atom stereocenters. The summed E-state index contributed by atoms with van der Waals surface area (Å²) in [5.41, 5.74) is 7.47. The van der Waals surface area contributed by atoms with Gasteiger partial charge in [-0.05, 0) is 46.5 Å². The lowest BCUT2D eigenvalue weighted by Gasteiger charge is -2.26. The highest BCUT2D eigenvalue weighted by Crippen LogP contribution is 2.39. The smallest absolute Gasteiger partial charge is 0.272 e. The molecule has 2 rings (SSSR count). The van der Waals surface area contributed by atoms with E-state index in [4.69, 9.17) is 5.73 Å². The number of rotatable bonds is 4. The van der Waals surface area contributed by atoms with Crippen LogP contribution < -0.4 is 11.1 Å². The zero-order valence-corrected chi connectivity index (χ0v) is 11.6. The first-order valence-corrected chi connectivity index (χ1v) is 6.52. The van der Waals surface area contributed by atoms with Crippen molar-refractivity contribution in [1.29, 1.82) is 0 Å². The second kappa shape index (κ2) is 4.30. The quantitative estimate of drug-likeness (QED) is 0.854. The summed E-state index contributed by atoms with van der Waals surface area (Å²) in [5.74, 6) is 0.466. The number of amides is 1. The molecule has 1 heterocycles. The van der Waals surface area contributed by atoms with Gasteiger partial charge < -0.3 is 11.1 Å². The summed E-state index contributed by atoms with van der Waals surface area (Å²) >= 11 is 0. The predicted molar refractivity (Wildman–Crippen MR) is 71.3 cm³/mol. The number of carbonyl (C=O) groups is 1. The minimum Gasteiger partial charge on any atom is -0.395 e. The summed E-state index contributed by atoms with van der Waals surface area (Å²) in [7, 11) is 0. The first kappa shape index (κ1) is 12.9. The standard InChI is InChI=1S/C13H22N4O/c1-5-17-11(10(14)8(2)16-17)12(18)15-13(3,4)9-6-7-9/h9H,5-7,14H2,1-4H3,(H,15,18). The highest BCUT2D eigenvalue weighted by Gasteiger charge is 2.39. The van der Waals surface area contributed by atoms with Crippen LogP contribution in [-0.2, 0) is 6.54 Å². The van der Waals surface area contributed by atoms with Crippen LogP contribution in [0.25, 0.3) is 0 Å². The monoisotopic (exact) mass is 250 g/mol. The fourth-order valence-corrected chi connectivity index (χ4v) is 2.32. The molecule has 0 spiro atoms. The molecule has 1 fully saturated rings. The first-order valence-electron chi connectivity index (χ1n) is 6.52. The summed E-state index contributed by atoms with van der Waals surface area (Å²) in [4.78, 5) is 12.4. The molecule has 1 aromatic rings. The van der Waals surface area contributed by atoms with Crippen molar-refractivity contribution in [2.24, 2.45) is 5.92 Å². The van der Waals surface area contributed by atoms with Gasteiger partial charge in [-0.25, -0.2) is 0 Å². The third-order valence-electron chi connectivity index (χ3n) is 3.72. The van der Waals surface area contributed by atoms with Gasteiger partial charge in [0.2, 0.25) is 0 Å². The van der Waals surface area contributed by atoms with Gasteiger partial charge in [-0.1, -0.05) is 0 Å². The van der Waals surface area contributed by atoms with Crippen LogP contribution in [-0.4, -0.2) is 21.2 Å². The molecule has 0 radical (unpaired) electrons. The van der Waals surface area contributed by atoms with E-state index in [1.165, 1.54) is 12.8 Å². The van der Waals surface area contributed by atoms with Gasteiger partial charge in [-0.15, -0.1) is 0 Å². The van der Waals surface area contributed by atoms with Crippen molar-refractivity contribution >= 4 is 11.6 Å². The molecular weight excluding hydrogens is 228 g/mol. The summed E-state index contributed by atoms with van der Waals surface area (Å²) < 4.78 is 1.67. The van der Waals surface area contributed by atoms with Crippen molar-refractivity contribution in [1.82, 2.24) is 15.1 Å². The molecule has 0 atom stereocenters. The van der Waals surface area contributed by atoms with Crippen LogP contribution in [0.5, 0.6) is 0 Å². The molecule has 1 aromatic heterocycles. The molecule has 5 nitrogen and oxygen atoms in total. The first-order chi connectivity index (χ1) is 8.36. The molecule has 5 heteroatoms. The molecule has 100 valence electrons. The number of nitrogens with zero attached hydrogens (tertiary/aromatic N) is 2. The summed E-state index contributed by atoms with van der Waals surface area (Å²) in [6, 6.07) is 0. The van der Waals surface area contributed by atoms with E-state index in [1.54, 1.807) is 4.68 Å². The molecule has 0 aliphatic heterocycles. The minimum atomic E-state index is -0.166. The Kier molecular flexibility index (Phi) is 3.09. The summed E-state index contributed by atoms with van der Waals surface area (Å²) in [6.07, 6.45) is 2.38. The summed E-state index contributed by atoms with van der Waals surface area (Å²) in [6.45, 7) is 8.56. The van der Waals surface area contributed by atoms with E-state index in [0.29, 0.717) is 29.5 Å². The van der Waals surface area contributed by atoms with Gasteiger partial charge in [0.15, 0.2) is 0 Å². The Morgan fingerprint density at radius 3 is 2.67 bits per heavy atom. The molecule has 1 saturated carbocycles. The van der Waals surface area contributed by atoms with Crippen molar-refractivity contribution < 1.29 is 4.79 Å². The van der Waals surface area contributed by atoms with E-state index in [2.05, 4.69) is 24.3 Å². The maximum absolute atomic E-state index is 12.4. The Morgan fingerprint density at radius 1 is 1.56 bits per heavy atom. The van der Waals surface area contributed by atoms with Crippen LogP contribution in [0.2, 0.25) is 0 Å². The lowest BCUT2D eigenvalue weighted by Crippen LogP contribution is -2.46. The van der Waals surface area contributed by atoms with Gasteiger partial charge in [0.1, 0.15) is 5.69 Å². The number of nitrogens with one attached hydrogen (secondary N) is 1. The zero-order chi connectivity index (χ0) is 13.5. The normalized spacial score (nSPS) is 15.8. The molecule has 1 amide bonds. The number of carbonyl (C=O) groups excluding carboxylic acids is 1. The average molecular weight is 250 g/mol. The van der Waals surface area contributed by atoms with E-state index < -0.39 is 0 Å². The van der Waals surface area contributed by atoms with Crippen LogP contribution in [0.1, 0.15) is 49.8 Å². The van der Waals surface area contributed by atoms with E-state index in [1.807, 2.05) is 13.8 Å². The second-order valence-corrected chi connectivity index (χ2v) is 5.61. The SMILES string of the molecule is CCn1nc(C)c(N)c1C(=O)NC(C)(C)C1CC1. The number of hydrogen-bond donors (Lipinski definition) is 2. The van der Waals surface area contributed by atoms with Gasteiger partial charge in [0.05, 0.1) is 11.4 Å². The molecular formula is C13H22N4O. The van der Waals surface area contributed by atoms with E-state index in [9.17, 15) is 4.79 Å². The van der Waals surface area contributed by atoms with Crippen LogP contribution in [0, 0.1) is 12.8 Å². The molecule has 1 aliphatic rings. The third kappa shape index (κ3) is 2.21. The molecule has 0 saturated heterocycles. The highest BCUT2D eigenvalue weighted by atomic mass is 16.2. The lowest BCUT2D eigenvalue weighted by atomic mass is 9.98. The van der Waals surface area contributed by atoms with Crippen molar-refractivity contribution in [2.75, 3.05) is 5.73 Å². The Balaban J connectivity index is 2.23. The van der Waals surface area contributed by atoms with Crippen molar-refractivity contribution in [3.05, 3.63) is 11.4 Å². The van der Waals surface area contributed by atoms with Gasteiger partial charge in [-0.2, -0.15) is 5.10 Å². The van der Waals surface area contributed by atoms with Crippen molar-refractivity contribution in [3.63, 3.8) is 0 Å². The number of aryl methyl sites for hydroxylation is 2.